The Kier molecular flexibility index (Phi) is 3.29. The number of sulfonamides is 1. The van der Waals surface area contributed by atoms with Gasteiger partial charge < -0.3 is 0 Å². The zero-order valence-electron chi connectivity index (χ0n) is 11.6. The quantitative estimate of drug-likeness (QED) is 0.948. The van der Waals surface area contributed by atoms with Crippen molar-refractivity contribution in [1.29, 1.82) is 0 Å². The first-order valence-corrected chi connectivity index (χ1v) is 8.57. The highest BCUT2D eigenvalue weighted by atomic mass is 32.2. The van der Waals surface area contributed by atoms with Crippen LogP contribution in [-0.4, -0.2) is 20.5 Å². The molecule has 1 aliphatic rings. The summed E-state index contributed by atoms with van der Waals surface area (Å²) in [6, 6.07) is 13.4. The van der Waals surface area contributed by atoms with E-state index in [1.54, 1.807) is 6.07 Å². The van der Waals surface area contributed by atoms with Crippen LogP contribution in [0.5, 0.6) is 0 Å². The lowest BCUT2D eigenvalue weighted by Gasteiger charge is -2.13. The van der Waals surface area contributed by atoms with Crippen LogP contribution in [0, 0.1) is 0 Å². The fourth-order valence-electron chi connectivity index (χ4n) is 2.76. The van der Waals surface area contributed by atoms with Crippen molar-refractivity contribution in [2.24, 2.45) is 0 Å². The van der Waals surface area contributed by atoms with E-state index in [0.29, 0.717) is 24.1 Å². The zero-order valence-corrected chi connectivity index (χ0v) is 12.4. The van der Waals surface area contributed by atoms with Crippen molar-refractivity contribution in [3.8, 4) is 11.1 Å². The van der Waals surface area contributed by atoms with Crippen molar-refractivity contribution in [2.45, 2.75) is 12.8 Å². The number of benzene rings is 2. The lowest BCUT2D eigenvalue weighted by Crippen LogP contribution is -2.12. The molecule has 1 aliphatic carbocycles. The van der Waals surface area contributed by atoms with Gasteiger partial charge in [-0.25, -0.2) is 8.42 Å². The standard InChI is InChI=1S/C16H15NO3S/c1-21(19,20)17-14-9-7-12(11-5-3-2-4-6-11)13-8-10-15(18)16(13)14/h2-7,9,17H,8,10H2,1H3. The number of carbonyl (C=O) groups is 1. The third kappa shape index (κ3) is 2.69. The van der Waals surface area contributed by atoms with Crippen molar-refractivity contribution >= 4 is 21.5 Å². The maximum Gasteiger partial charge on any atom is 0.229 e. The second-order valence-electron chi connectivity index (χ2n) is 5.18. The summed E-state index contributed by atoms with van der Waals surface area (Å²) in [6.07, 6.45) is 2.17. The molecule has 0 saturated heterocycles. The average Bonchev–Trinajstić information content (AvgIpc) is 2.81. The number of carbonyl (C=O) groups excluding carboxylic acids is 1. The molecule has 4 nitrogen and oxygen atoms in total. The molecule has 0 aliphatic heterocycles. The maximum absolute atomic E-state index is 12.1. The van der Waals surface area contributed by atoms with Crippen LogP contribution in [0.3, 0.4) is 0 Å². The Hall–Kier alpha value is -2.14. The van der Waals surface area contributed by atoms with Gasteiger partial charge in [-0.2, -0.15) is 0 Å². The van der Waals surface area contributed by atoms with E-state index in [1.807, 2.05) is 36.4 Å². The summed E-state index contributed by atoms with van der Waals surface area (Å²) in [5.41, 5.74) is 3.86. The van der Waals surface area contributed by atoms with Crippen LogP contribution in [0.2, 0.25) is 0 Å². The molecule has 3 rings (SSSR count). The van der Waals surface area contributed by atoms with Crippen LogP contribution in [0.25, 0.3) is 11.1 Å². The summed E-state index contributed by atoms with van der Waals surface area (Å²) in [5, 5.41) is 0. The SMILES string of the molecule is CS(=O)(=O)Nc1ccc(-c2ccccc2)c2c1C(=O)CC2. The number of nitrogens with one attached hydrogen (secondary N) is 1. The molecule has 0 radical (unpaired) electrons. The fourth-order valence-corrected chi connectivity index (χ4v) is 3.33. The summed E-state index contributed by atoms with van der Waals surface area (Å²) in [5.74, 6) is -0.00562. The predicted octanol–water partition coefficient (Wildman–Crippen LogP) is 2.85. The Bertz CT molecular complexity index is 811. The van der Waals surface area contributed by atoms with Crippen LogP contribution >= 0.6 is 0 Å². The van der Waals surface area contributed by atoms with E-state index in [0.717, 1.165) is 22.9 Å². The van der Waals surface area contributed by atoms with E-state index in [2.05, 4.69) is 4.72 Å². The summed E-state index contributed by atoms with van der Waals surface area (Å²) >= 11 is 0. The van der Waals surface area contributed by atoms with Gasteiger partial charge in [0.2, 0.25) is 10.0 Å². The van der Waals surface area contributed by atoms with Gasteiger partial charge in [-0.15, -0.1) is 0 Å². The highest BCUT2D eigenvalue weighted by Gasteiger charge is 2.27. The molecule has 2 aromatic rings. The van der Waals surface area contributed by atoms with Crippen molar-refractivity contribution in [3.63, 3.8) is 0 Å². The highest BCUT2D eigenvalue weighted by Crippen LogP contribution is 2.37. The zero-order chi connectivity index (χ0) is 15.0. The molecule has 21 heavy (non-hydrogen) atoms. The van der Waals surface area contributed by atoms with Gasteiger partial charge >= 0.3 is 0 Å². The first kappa shape index (κ1) is 13.8. The molecule has 5 heteroatoms. The number of rotatable bonds is 3. The number of hydrogen-bond donors (Lipinski definition) is 1. The molecule has 0 amide bonds. The Balaban J connectivity index is 2.18. The molecule has 0 unspecified atom stereocenters. The van der Waals surface area contributed by atoms with Crippen LogP contribution in [0.1, 0.15) is 22.3 Å². The Morgan fingerprint density at radius 2 is 1.71 bits per heavy atom. The van der Waals surface area contributed by atoms with Gasteiger partial charge in [-0.05, 0) is 29.2 Å². The lowest BCUT2D eigenvalue weighted by molar-refractivity contribution is 0.0995. The summed E-state index contributed by atoms with van der Waals surface area (Å²) in [6.45, 7) is 0. The summed E-state index contributed by atoms with van der Waals surface area (Å²) in [4.78, 5) is 12.1. The number of Topliss-reactive ketones (excluding diaryl/α,β-unsaturated/α-hetero) is 1. The van der Waals surface area contributed by atoms with Gasteiger partial charge in [0.25, 0.3) is 0 Å². The van der Waals surface area contributed by atoms with Crippen molar-refractivity contribution in [2.75, 3.05) is 11.0 Å². The van der Waals surface area contributed by atoms with Crippen molar-refractivity contribution in [1.82, 2.24) is 0 Å². The van der Waals surface area contributed by atoms with Crippen LogP contribution < -0.4 is 4.72 Å². The van der Waals surface area contributed by atoms with E-state index >= 15 is 0 Å². The minimum absolute atomic E-state index is 0.00562. The summed E-state index contributed by atoms with van der Waals surface area (Å²) in [7, 11) is -3.40. The molecule has 108 valence electrons. The number of hydrogen-bond acceptors (Lipinski definition) is 3. The number of ketones is 1. The topological polar surface area (TPSA) is 63.2 Å². The second kappa shape index (κ2) is 5.00. The smallest absolute Gasteiger partial charge is 0.229 e. The van der Waals surface area contributed by atoms with E-state index in [1.165, 1.54) is 0 Å². The molecule has 1 N–H and O–H groups in total. The largest absolute Gasteiger partial charge is 0.294 e. The monoisotopic (exact) mass is 301 g/mol. The first-order valence-electron chi connectivity index (χ1n) is 6.68. The second-order valence-corrected chi connectivity index (χ2v) is 6.93. The first-order chi connectivity index (χ1) is 9.96. The maximum atomic E-state index is 12.1. The molecule has 0 bridgehead atoms. The van der Waals surface area contributed by atoms with Gasteiger partial charge in [-0.3, -0.25) is 9.52 Å². The summed E-state index contributed by atoms with van der Waals surface area (Å²) < 4.78 is 25.3. The Morgan fingerprint density at radius 1 is 1.00 bits per heavy atom. The molecule has 0 saturated carbocycles. The van der Waals surface area contributed by atoms with Crippen molar-refractivity contribution in [3.05, 3.63) is 53.6 Å². The lowest BCUT2D eigenvalue weighted by atomic mass is 9.96. The van der Waals surface area contributed by atoms with Crippen molar-refractivity contribution < 1.29 is 13.2 Å². The van der Waals surface area contributed by atoms with E-state index < -0.39 is 10.0 Å². The average molecular weight is 301 g/mol. The highest BCUT2D eigenvalue weighted by molar-refractivity contribution is 7.92. The molecule has 0 fully saturated rings. The Morgan fingerprint density at radius 3 is 2.38 bits per heavy atom. The third-order valence-corrected chi connectivity index (χ3v) is 4.16. The number of fused-ring (bicyclic) bond motifs is 1. The van der Waals surface area contributed by atoms with E-state index in [4.69, 9.17) is 0 Å². The fraction of sp³-hybridized carbons (Fsp3) is 0.188. The van der Waals surface area contributed by atoms with Gasteiger partial charge in [-0.1, -0.05) is 36.4 Å². The van der Waals surface area contributed by atoms with Gasteiger partial charge in [0.1, 0.15) is 0 Å². The van der Waals surface area contributed by atoms with Gasteiger partial charge in [0.05, 0.1) is 11.9 Å². The van der Waals surface area contributed by atoms with Gasteiger partial charge in [0.15, 0.2) is 5.78 Å². The van der Waals surface area contributed by atoms with Crippen LogP contribution in [0.15, 0.2) is 42.5 Å². The third-order valence-electron chi connectivity index (χ3n) is 3.57. The molecular formula is C16H15NO3S. The molecule has 0 aromatic heterocycles. The molecule has 0 atom stereocenters. The van der Waals surface area contributed by atoms with E-state index in [-0.39, 0.29) is 5.78 Å². The number of anilines is 1. The minimum atomic E-state index is -3.40. The van der Waals surface area contributed by atoms with Gasteiger partial charge in [0, 0.05) is 12.0 Å². The molecular weight excluding hydrogens is 286 g/mol. The molecule has 0 spiro atoms. The molecule has 2 aromatic carbocycles. The molecule has 0 heterocycles. The predicted molar refractivity (Wildman–Crippen MR) is 83.0 cm³/mol. The van der Waals surface area contributed by atoms with E-state index in [9.17, 15) is 13.2 Å². The minimum Gasteiger partial charge on any atom is -0.294 e. The van der Waals surface area contributed by atoms with Crippen LogP contribution in [0.4, 0.5) is 5.69 Å². The van der Waals surface area contributed by atoms with Crippen LogP contribution in [-0.2, 0) is 16.4 Å². The Labute approximate surface area is 123 Å². The normalized spacial score (nSPS) is 14.0.